The van der Waals surface area contributed by atoms with Crippen molar-refractivity contribution in [3.63, 3.8) is 0 Å². The summed E-state index contributed by atoms with van der Waals surface area (Å²) < 4.78 is 52.9. The number of hydrogen-bond donors (Lipinski definition) is 5. The lowest BCUT2D eigenvalue weighted by atomic mass is 10.1. The predicted molar refractivity (Wildman–Crippen MR) is 251 cm³/mol. The van der Waals surface area contributed by atoms with Crippen LogP contribution in [0.15, 0.2) is 48.6 Å². The number of esters is 2. The van der Waals surface area contributed by atoms with Gasteiger partial charge in [-0.25, -0.2) is 9.13 Å². The van der Waals surface area contributed by atoms with Gasteiger partial charge in [0, 0.05) is 12.8 Å². The summed E-state index contributed by atoms with van der Waals surface area (Å²) in [5.74, 6) is -1.01. The standard InChI is InChI=1S/C47H86O15P2/c1-3-5-7-9-11-13-15-16-17-18-19-20-21-22-23-24-26-28-30-32-34-36-47(52)58-38-44(49)40-60-64(55,56)62-42-45(50)41-61-63(53,54)59-39-43(48)37-57-46(51)35-33-31-29-27-25-14-12-10-8-6-4-2/h10-13,16-17,19-20,43-45,48-50H,3-9,14-15,18,21-42H2,1-2H3,(H,53,54)(H,55,56)/b12-10-,13-11-,17-16-,20-19-. The van der Waals surface area contributed by atoms with Crippen LogP contribution in [0.1, 0.15) is 181 Å². The molecule has 0 aliphatic heterocycles. The van der Waals surface area contributed by atoms with Gasteiger partial charge in [-0.05, 0) is 70.6 Å². The van der Waals surface area contributed by atoms with Gasteiger partial charge in [0.25, 0.3) is 0 Å². The largest absolute Gasteiger partial charge is 0.472 e. The lowest BCUT2D eigenvalue weighted by Gasteiger charge is -2.19. The average Bonchev–Trinajstić information content (AvgIpc) is 3.27. The summed E-state index contributed by atoms with van der Waals surface area (Å²) in [6.45, 7) is 0.327. The summed E-state index contributed by atoms with van der Waals surface area (Å²) in [6.07, 6.45) is 39.6. The summed E-state index contributed by atoms with van der Waals surface area (Å²) in [7, 11) is -9.57. The molecule has 0 aromatic heterocycles. The van der Waals surface area contributed by atoms with Crippen LogP contribution < -0.4 is 0 Å². The highest BCUT2D eigenvalue weighted by atomic mass is 31.2. The molecule has 0 aliphatic carbocycles. The minimum atomic E-state index is -4.79. The number of ether oxygens (including phenoxy) is 2. The number of carbonyl (C=O) groups excluding carboxylic acids is 2. The fourth-order valence-electron chi connectivity index (χ4n) is 5.96. The number of carbonyl (C=O) groups is 2. The van der Waals surface area contributed by atoms with Crippen LogP contribution >= 0.6 is 15.6 Å². The number of hydrogen-bond acceptors (Lipinski definition) is 13. The summed E-state index contributed by atoms with van der Waals surface area (Å²) in [5.41, 5.74) is 0. The molecule has 0 bridgehead atoms. The molecule has 0 radical (unpaired) electrons. The minimum absolute atomic E-state index is 0.186. The van der Waals surface area contributed by atoms with Crippen LogP contribution in [0.5, 0.6) is 0 Å². The van der Waals surface area contributed by atoms with Gasteiger partial charge in [-0.1, -0.05) is 146 Å². The first-order valence-corrected chi connectivity index (χ1v) is 27.0. The van der Waals surface area contributed by atoms with Crippen molar-refractivity contribution >= 4 is 27.6 Å². The molecule has 0 rings (SSSR count). The van der Waals surface area contributed by atoms with E-state index in [2.05, 4.69) is 80.6 Å². The molecule has 5 atom stereocenters. The highest BCUT2D eigenvalue weighted by Crippen LogP contribution is 2.45. The van der Waals surface area contributed by atoms with Gasteiger partial charge in [0.05, 0.1) is 26.4 Å². The molecular weight excluding hydrogens is 866 g/mol. The molecule has 5 N–H and O–H groups in total. The maximum atomic E-state index is 12.2. The zero-order valence-corrected chi connectivity index (χ0v) is 41.0. The maximum absolute atomic E-state index is 12.2. The van der Waals surface area contributed by atoms with Crippen molar-refractivity contribution in [1.29, 1.82) is 0 Å². The first kappa shape index (κ1) is 62.0. The highest BCUT2D eigenvalue weighted by molar-refractivity contribution is 7.47. The van der Waals surface area contributed by atoms with Gasteiger partial charge >= 0.3 is 27.6 Å². The molecule has 0 aromatic carbocycles. The van der Waals surface area contributed by atoms with Crippen LogP contribution in [0.2, 0.25) is 0 Å². The highest BCUT2D eigenvalue weighted by Gasteiger charge is 2.28. The Morgan fingerprint density at radius 3 is 1.06 bits per heavy atom. The molecule has 5 unspecified atom stereocenters. The molecule has 17 heteroatoms. The molecule has 0 heterocycles. The molecule has 64 heavy (non-hydrogen) atoms. The van der Waals surface area contributed by atoms with Crippen molar-refractivity contribution in [3.05, 3.63) is 48.6 Å². The Morgan fingerprint density at radius 1 is 0.406 bits per heavy atom. The molecule has 0 fully saturated rings. The van der Waals surface area contributed by atoms with Gasteiger partial charge < -0.3 is 34.6 Å². The minimum Gasteiger partial charge on any atom is -0.463 e. The smallest absolute Gasteiger partial charge is 0.463 e. The van der Waals surface area contributed by atoms with Crippen LogP contribution in [-0.4, -0.2) is 95.0 Å². The Bertz CT molecular complexity index is 1340. The summed E-state index contributed by atoms with van der Waals surface area (Å²) in [4.78, 5) is 43.7. The average molecular weight is 953 g/mol. The monoisotopic (exact) mass is 953 g/mol. The Hall–Kier alpha value is -2.00. The molecule has 0 amide bonds. The molecule has 0 aliphatic rings. The molecule has 0 aromatic rings. The molecule has 0 saturated carbocycles. The summed E-state index contributed by atoms with van der Waals surface area (Å²) >= 11 is 0. The van der Waals surface area contributed by atoms with Gasteiger partial charge in [0.2, 0.25) is 0 Å². The van der Waals surface area contributed by atoms with E-state index in [4.69, 9.17) is 9.47 Å². The number of aliphatic hydroxyl groups excluding tert-OH is 3. The van der Waals surface area contributed by atoms with E-state index in [-0.39, 0.29) is 12.8 Å². The third-order valence-electron chi connectivity index (χ3n) is 9.76. The second kappa shape index (κ2) is 43.6. The molecular formula is C47H86O15P2. The Kier molecular flexibility index (Phi) is 42.2. The first-order valence-electron chi connectivity index (χ1n) is 24.0. The normalized spacial score (nSPS) is 15.5. The number of aliphatic hydroxyl groups is 3. The van der Waals surface area contributed by atoms with Crippen molar-refractivity contribution in [2.75, 3.05) is 39.6 Å². The van der Waals surface area contributed by atoms with Crippen LogP contribution in [0, 0.1) is 0 Å². The zero-order chi connectivity index (χ0) is 47.4. The van der Waals surface area contributed by atoms with Gasteiger partial charge in [-0.2, -0.15) is 0 Å². The molecule has 0 spiro atoms. The van der Waals surface area contributed by atoms with E-state index in [1.165, 1.54) is 57.8 Å². The van der Waals surface area contributed by atoms with E-state index < -0.39 is 85.5 Å². The Morgan fingerprint density at radius 2 is 0.688 bits per heavy atom. The quantitative estimate of drug-likeness (QED) is 0.0166. The second-order valence-electron chi connectivity index (χ2n) is 16.1. The van der Waals surface area contributed by atoms with Crippen LogP contribution in [0.3, 0.4) is 0 Å². The van der Waals surface area contributed by atoms with Crippen molar-refractivity contribution in [2.24, 2.45) is 0 Å². The van der Waals surface area contributed by atoms with Gasteiger partial charge in [-0.15, -0.1) is 0 Å². The SMILES string of the molecule is CCCC/C=C\CCCCCCCC(=O)OCC(O)COP(=O)(O)OCC(O)COP(=O)(O)OCC(O)COC(=O)CCCCCCCCCC/C=C\C/C=C\C/C=C\CCCCC. The topological polar surface area (TPSA) is 225 Å². The number of phosphoric acid groups is 2. The number of allylic oxidation sites excluding steroid dienone is 8. The molecule has 374 valence electrons. The van der Waals surface area contributed by atoms with Gasteiger partial charge in [0.15, 0.2) is 0 Å². The predicted octanol–water partition coefficient (Wildman–Crippen LogP) is 10.8. The first-order chi connectivity index (χ1) is 30.8. The van der Waals surface area contributed by atoms with Gasteiger partial charge in [-0.3, -0.25) is 27.7 Å². The van der Waals surface area contributed by atoms with E-state index in [1.807, 2.05) is 0 Å². The maximum Gasteiger partial charge on any atom is 0.472 e. The zero-order valence-electron chi connectivity index (χ0n) is 39.2. The fourth-order valence-corrected chi connectivity index (χ4v) is 7.55. The lowest BCUT2D eigenvalue weighted by Crippen LogP contribution is -2.25. The van der Waals surface area contributed by atoms with Crippen molar-refractivity contribution < 1.29 is 71.4 Å². The number of unbranched alkanes of at least 4 members (excludes halogenated alkanes) is 18. The Balaban J connectivity index is 3.88. The molecule has 15 nitrogen and oxygen atoms in total. The van der Waals surface area contributed by atoms with E-state index in [1.54, 1.807) is 0 Å². The Labute approximate surface area is 385 Å². The summed E-state index contributed by atoms with van der Waals surface area (Å²) in [6, 6.07) is 0. The van der Waals surface area contributed by atoms with E-state index >= 15 is 0 Å². The number of rotatable bonds is 46. The van der Waals surface area contributed by atoms with E-state index in [9.17, 15) is 43.8 Å². The fraction of sp³-hybridized carbons (Fsp3) is 0.787. The third kappa shape index (κ3) is 45.2. The van der Waals surface area contributed by atoms with Gasteiger partial charge in [0.1, 0.15) is 31.5 Å². The molecule has 0 saturated heterocycles. The van der Waals surface area contributed by atoms with E-state index in [0.717, 1.165) is 83.5 Å². The second-order valence-corrected chi connectivity index (χ2v) is 19.0. The summed E-state index contributed by atoms with van der Waals surface area (Å²) in [5, 5.41) is 30.0. The van der Waals surface area contributed by atoms with Crippen LogP contribution in [0.25, 0.3) is 0 Å². The van der Waals surface area contributed by atoms with Crippen LogP contribution in [0.4, 0.5) is 0 Å². The van der Waals surface area contributed by atoms with Crippen molar-refractivity contribution in [3.8, 4) is 0 Å². The third-order valence-corrected chi connectivity index (χ3v) is 11.7. The van der Waals surface area contributed by atoms with Crippen LogP contribution in [-0.2, 0) is 46.3 Å². The number of phosphoric ester groups is 2. The van der Waals surface area contributed by atoms with E-state index in [0.29, 0.717) is 12.8 Å². The lowest BCUT2D eigenvalue weighted by molar-refractivity contribution is -0.148. The van der Waals surface area contributed by atoms with Crippen molar-refractivity contribution in [1.82, 2.24) is 0 Å². The van der Waals surface area contributed by atoms with Crippen molar-refractivity contribution in [2.45, 2.75) is 199 Å².